The highest BCUT2D eigenvalue weighted by molar-refractivity contribution is 6.03. The van der Waals surface area contributed by atoms with Gasteiger partial charge in [0, 0.05) is 12.6 Å². The fourth-order valence-corrected chi connectivity index (χ4v) is 2.78. The van der Waals surface area contributed by atoms with E-state index in [1.54, 1.807) is 7.05 Å². The molecule has 0 spiro atoms. The molecule has 0 saturated carbocycles. The summed E-state index contributed by atoms with van der Waals surface area (Å²) in [5, 5.41) is 0. The third-order valence-corrected chi connectivity index (χ3v) is 3.77. The van der Waals surface area contributed by atoms with Crippen LogP contribution in [0.15, 0.2) is 12.1 Å². The van der Waals surface area contributed by atoms with Crippen LogP contribution in [0.25, 0.3) is 0 Å². The van der Waals surface area contributed by atoms with Crippen LogP contribution >= 0.6 is 0 Å². The van der Waals surface area contributed by atoms with Gasteiger partial charge in [0.15, 0.2) is 5.78 Å². The van der Waals surface area contributed by atoms with Gasteiger partial charge in [0.2, 0.25) is 11.8 Å². The minimum atomic E-state index is -0.187. The van der Waals surface area contributed by atoms with E-state index >= 15 is 0 Å². The topological polar surface area (TPSA) is 57.7 Å². The van der Waals surface area contributed by atoms with Gasteiger partial charge in [-0.05, 0) is 31.9 Å². The number of Topliss-reactive ketones (excluding diaryl/α,β-unsaturated/α-hetero) is 1. The summed E-state index contributed by atoms with van der Waals surface area (Å²) in [6.07, 6.45) is 0. The summed E-state index contributed by atoms with van der Waals surface area (Å²) in [7, 11) is 1.59. The molecule has 112 valence electrons. The van der Waals surface area contributed by atoms with Crippen LogP contribution < -0.4 is 0 Å². The number of carbonyl (C=O) groups is 3. The van der Waals surface area contributed by atoms with E-state index in [2.05, 4.69) is 0 Å². The van der Waals surface area contributed by atoms with Crippen LogP contribution in [0.2, 0.25) is 0 Å². The van der Waals surface area contributed by atoms with Gasteiger partial charge in [0.1, 0.15) is 6.54 Å². The van der Waals surface area contributed by atoms with Crippen molar-refractivity contribution < 1.29 is 14.4 Å². The van der Waals surface area contributed by atoms with E-state index in [0.29, 0.717) is 5.56 Å². The summed E-state index contributed by atoms with van der Waals surface area (Å²) in [6.45, 7) is 5.75. The van der Waals surface area contributed by atoms with Crippen LogP contribution in [-0.2, 0) is 9.59 Å². The molecule has 1 aromatic carbocycles. The van der Waals surface area contributed by atoms with Crippen LogP contribution in [0, 0.1) is 20.8 Å². The fraction of sp³-hybridized carbons (Fsp3) is 0.438. The number of aryl methyl sites for hydroxylation is 3. The first-order valence-electron chi connectivity index (χ1n) is 6.92. The molecule has 0 aromatic heterocycles. The first-order chi connectivity index (χ1) is 9.79. The molecular weight excluding hydrogens is 268 g/mol. The number of ketones is 1. The predicted molar refractivity (Wildman–Crippen MR) is 79.2 cm³/mol. The molecule has 1 aliphatic rings. The Morgan fingerprint density at radius 1 is 1.05 bits per heavy atom. The van der Waals surface area contributed by atoms with Gasteiger partial charge in [-0.1, -0.05) is 17.7 Å². The maximum absolute atomic E-state index is 12.5. The lowest BCUT2D eigenvalue weighted by molar-refractivity contribution is -0.148. The molecule has 0 radical (unpaired) electrons. The van der Waals surface area contributed by atoms with E-state index in [0.717, 1.165) is 16.7 Å². The Labute approximate surface area is 124 Å². The quantitative estimate of drug-likeness (QED) is 0.783. The van der Waals surface area contributed by atoms with Crippen molar-refractivity contribution in [1.82, 2.24) is 9.80 Å². The van der Waals surface area contributed by atoms with Crippen molar-refractivity contribution in [2.75, 3.05) is 26.7 Å². The average molecular weight is 288 g/mol. The standard InChI is InChI=1S/C16H20N2O3/c1-10-5-11(2)16(12(3)6-10)13(19)7-18-9-14(20)17(4)8-15(18)21/h5-6H,7-9H2,1-4H3. The number of carbonyl (C=O) groups excluding carboxylic acids is 3. The highest BCUT2D eigenvalue weighted by atomic mass is 16.2. The molecule has 1 aromatic rings. The number of likely N-dealkylation sites (N-methyl/N-ethyl adjacent to an activating group) is 1. The summed E-state index contributed by atoms with van der Waals surface area (Å²) < 4.78 is 0. The van der Waals surface area contributed by atoms with Crippen LogP contribution in [-0.4, -0.2) is 54.1 Å². The van der Waals surface area contributed by atoms with Gasteiger partial charge >= 0.3 is 0 Å². The first kappa shape index (κ1) is 15.2. The summed E-state index contributed by atoms with van der Waals surface area (Å²) in [5.74, 6) is -0.441. The zero-order chi connectivity index (χ0) is 15.7. The molecule has 0 atom stereocenters. The van der Waals surface area contributed by atoms with Gasteiger partial charge < -0.3 is 9.80 Å². The molecule has 5 nitrogen and oxygen atoms in total. The van der Waals surface area contributed by atoms with Crippen molar-refractivity contribution in [2.45, 2.75) is 20.8 Å². The van der Waals surface area contributed by atoms with Gasteiger partial charge in [0.05, 0.1) is 13.1 Å². The summed E-state index contributed by atoms with van der Waals surface area (Å²) >= 11 is 0. The molecule has 5 heteroatoms. The smallest absolute Gasteiger partial charge is 0.243 e. The second-order valence-corrected chi connectivity index (χ2v) is 5.70. The van der Waals surface area contributed by atoms with Gasteiger partial charge in [0.25, 0.3) is 0 Å². The Morgan fingerprint density at radius 2 is 1.62 bits per heavy atom. The molecular formula is C16H20N2O3. The number of piperazine rings is 1. The molecule has 2 rings (SSSR count). The highest BCUT2D eigenvalue weighted by Gasteiger charge is 2.29. The van der Waals surface area contributed by atoms with Gasteiger partial charge in [-0.3, -0.25) is 14.4 Å². The van der Waals surface area contributed by atoms with E-state index in [1.165, 1.54) is 9.80 Å². The second-order valence-electron chi connectivity index (χ2n) is 5.70. The lowest BCUT2D eigenvalue weighted by atomic mass is 9.96. The zero-order valence-electron chi connectivity index (χ0n) is 12.9. The Hall–Kier alpha value is -2.17. The third-order valence-electron chi connectivity index (χ3n) is 3.77. The Balaban J connectivity index is 2.19. The van der Waals surface area contributed by atoms with Crippen molar-refractivity contribution >= 4 is 17.6 Å². The van der Waals surface area contributed by atoms with Crippen LogP contribution in [0.3, 0.4) is 0 Å². The second kappa shape index (κ2) is 5.68. The van der Waals surface area contributed by atoms with Crippen LogP contribution in [0.5, 0.6) is 0 Å². The number of nitrogens with zero attached hydrogens (tertiary/aromatic N) is 2. The van der Waals surface area contributed by atoms with Crippen molar-refractivity contribution in [2.24, 2.45) is 0 Å². The number of benzene rings is 1. The molecule has 2 amide bonds. The third kappa shape index (κ3) is 3.12. The summed E-state index contributed by atoms with van der Waals surface area (Å²) in [4.78, 5) is 38.8. The van der Waals surface area contributed by atoms with Crippen LogP contribution in [0.1, 0.15) is 27.0 Å². The van der Waals surface area contributed by atoms with Crippen molar-refractivity contribution in [1.29, 1.82) is 0 Å². The largest absolute Gasteiger partial charge is 0.335 e. The lowest BCUT2D eigenvalue weighted by Crippen LogP contribution is -2.53. The number of hydrogen-bond acceptors (Lipinski definition) is 3. The summed E-state index contributed by atoms with van der Waals surface area (Å²) in [6, 6.07) is 3.91. The van der Waals surface area contributed by atoms with E-state index in [9.17, 15) is 14.4 Å². The molecule has 21 heavy (non-hydrogen) atoms. The minimum Gasteiger partial charge on any atom is -0.335 e. The van der Waals surface area contributed by atoms with E-state index in [-0.39, 0.29) is 37.2 Å². The molecule has 0 N–H and O–H groups in total. The Morgan fingerprint density at radius 3 is 2.19 bits per heavy atom. The minimum absolute atomic E-state index is 0.0228. The maximum Gasteiger partial charge on any atom is 0.243 e. The monoisotopic (exact) mass is 288 g/mol. The molecule has 1 saturated heterocycles. The van der Waals surface area contributed by atoms with Crippen molar-refractivity contribution in [3.63, 3.8) is 0 Å². The molecule has 0 aliphatic carbocycles. The molecule has 1 aliphatic heterocycles. The lowest BCUT2D eigenvalue weighted by Gasteiger charge is -2.31. The molecule has 1 heterocycles. The van der Waals surface area contributed by atoms with Gasteiger partial charge in [-0.15, -0.1) is 0 Å². The number of hydrogen-bond donors (Lipinski definition) is 0. The Bertz CT molecular complexity index is 599. The van der Waals surface area contributed by atoms with Crippen molar-refractivity contribution in [3.8, 4) is 0 Å². The normalized spacial score (nSPS) is 15.6. The van der Waals surface area contributed by atoms with E-state index < -0.39 is 0 Å². The zero-order valence-corrected chi connectivity index (χ0v) is 12.9. The molecule has 0 bridgehead atoms. The number of rotatable bonds is 3. The van der Waals surface area contributed by atoms with Crippen molar-refractivity contribution in [3.05, 3.63) is 34.4 Å². The maximum atomic E-state index is 12.5. The average Bonchev–Trinajstić information content (AvgIpc) is 2.34. The predicted octanol–water partition coefficient (Wildman–Crippen LogP) is 1.10. The molecule has 1 fully saturated rings. The number of amides is 2. The summed E-state index contributed by atoms with van der Waals surface area (Å²) in [5.41, 5.74) is 3.57. The highest BCUT2D eigenvalue weighted by Crippen LogP contribution is 2.18. The van der Waals surface area contributed by atoms with E-state index in [1.807, 2.05) is 32.9 Å². The van der Waals surface area contributed by atoms with Gasteiger partial charge in [-0.25, -0.2) is 0 Å². The molecule has 0 unspecified atom stereocenters. The van der Waals surface area contributed by atoms with E-state index in [4.69, 9.17) is 0 Å². The van der Waals surface area contributed by atoms with Crippen LogP contribution in [0.4, 0.5) is 0 Å². The Kier molecular flexibility index (Phi) is 4.11. The van der Waals surface area contributed by atoms with Gasteiger partial charge in [-0.2, -0.15) is 0 Å². The first-order valence-corrected chi connectivity index (χ1v) is 6.92. The SMILES string of the molecule is Cc1cc(C)c(C(=O)CN2CC(=O)N(C)CC2=O)c(C)c1. The fourth-order valence-electron chi connectivity index (χ4n) is 2.78.